The van der Waals surface area contributed by atoms with Gasteiger partial charge in [-0.05, 0) is 37.1 Å². The van der Waals surface area contributed by atoms with Crippen LogP contribution in [0.2, 0.25) is 0 Å². The zero-order valence-electron chi connectivity index (χ0n) is 14.9. The molecule has 1 N–H and O–H groups in total. The number of rotatable bonds is 9. The number of benzene rings is 2. The highest BCUT2D eigenvalue weighted by Crippen LogP contribution is 2.23. The standard InChI is InChI=1S/C20H23NO4S/c1-15(26-17-9-4-3-5-10-17)20(23)25-14-19(22)21-13-12-16-8-6-7-11-18(16)24-2/h3-11,15H,12-14H2,1-2H3,(H,21,22)/t15-/m1/s1. The molecule has 0 saturated heterocycles. The maximum absolute atomic E-state index is 12.0. The number of esters is 1. The van der Waals surface area contributed by atoms with Crippen LogP contribution in [0.3, 0.4) is 0 Å². The summed E-state index contributed by atoms with van der Waals surface area (Å²) in [6.45, 7) is 1.94. The minimum absolute atomic E-state index is 0.273. The highest BCUT2D eigenvalue weighted by atomic mass is 32.2. The summed E-state index contributed by atoms with van der Waals surface area (Å²) in [5.41, 5.74) is 1.01. The van der Waals surface area contributed by atoms with Crippen LogP contribution >= 0.6 is 11.8 Å². The lowest BCUT2D eigenvalue weighted by atomic mass is 10.1. The zero-order chi connectivity index (χ0) is 18.8. The number of carbonyl (C=O) groups excluding carboxylic acids is 2. The average Bonchev–Trinajstić information content (AvgIpc) is 2.67. The van der Waals surface area contributed by atoms with Gasteiger partial charge in [0.25, 0.3) is 5.91 Å². The molecule has 0 aromatic heterocycles. The Hall–Kier alpha value is -2.47. The maximum Gasteiger partial charge on any atom is 0.319 e. The number of amides is 1. The van der Waals surface area contributed by atoms with E-state index in [4.69, 9.17) is 9.47 Å². The second-order valence-electron chi connectivity index (χ2n) is 5.59. The summed E-state index contributed by atoms with van der Waals surface area (Å²) in [5.74, 6) is 0.0730. The van der Waals surface area contributed by atoms with Crippen molar-refractivity contribution in [3.8, 4) is 5.75 Å². The highest BCUT2D eigenvalue weighted by molar-refractivity contribution is 8.00. The lowest BCUT2D eigenvalue weighted by Gasteiger charge is -2.12. The van der Waals surface area contributed by atoms with Gasteiger partial charge in [0.05, 0.1) is 7.11 Å². The molecule has 2 rings (SSSR count). The Morgan fingerprint density at radius 3 is 2.50 bits per heavy atom. The molecule has 0 unspecified atom stereocenters. The summed E-state index contributed by atoms with van der Waals surface area (Å²) in [6, 6.07) is 17.3. The smallest absolute Gasteiger partial charge is 0.319 e. The van der Waals surface area contributed by atoms with Gasteiger partial charge in [0.1, 0.15) is 11.0 Å². The molecule has 2 aromatic rings. The molecule has 0 bridgehead atoms. The first-order chi connectivity index (χ1) is 12.6. The van der Waals surface area contributed by atoms with E-state index in [2.05, 4.69) is 5.32 Å². The van der Waals surface area contributed by atoms with E-state index in [1.165, 1.54) is 11.8 Å². The fraction of sp³-hybridized carbons (Fsp3) is 0.300. The first-order valence-electron chi connectivity index (χ1n) is 8.37. The van der Waals surface area contributed by atoms with Crippen molar-refractivity contribution >= 4 is 23.6 Å². The molecule has 0 aliphatic rings. The van der Waals surface area contributed by atoms with Crippen LogP contribution in [0, 0.1) is 0 Å². The van der Waals surface area contributed by atoms with Gasteiger partial charge in [-0.2, -0.15) is 0 Å². The number of nitrogens with one attached hydrogen (secondary N) is 1. The topological polar surface area (TPSA) is 64.6 Å². The van der Waals surface area contributed by atoms with Crippen molar-refractivity contribution in [2.75, 3.05) is 20.3 Å². The fourth-order valence-corrected chi connectivity index (χ4v) is 3.19. The van der Waals surface area contributed by atoms with Gasteiger partial charge >= 0.3 is 5.97 Å². The van der Waals surface area contributed by atoms with Gasteiger partial charge in [0, 0.05) is 11.4 Å². The molecule has 0 spiro atoms. The lowest BCUT2D eigenvalue weighted by Crippen LogP contribution is -2.31. The monoisotopic (exact) mass is 373 g/mol. The molecule has 138 valence electrons. The first kappa shape index (κ1) is 19.8. The number of ether oxygens (including phenoxy) is 2. The number of para-hydroxylation sites is 1. The highest BCUT2D eigenvalue weighted by Gasteiger charge is 2.17. The Kier molecular flexibility index (Phi) is 8.02. The summed E-state index contributed by atoms with van der Waals surface area (Å²) in [7, 11) is 1.62. The second kappa shape index (κ2) is 10.5. The van der Waals surface area contributed by atoms with E-state index in [9.17, 15) is 9.59 Å². The third-order valence-electron chi connectivity index (χ3n) is 3.64. The average molecular weight is 373 g/mol. The van der Waals surface area contributed by atoms with Crippen LogP contribution < -0.4 is 10.1 Å². The summed E-state index contributed by atoms with van der Waals surface area (Å²) in [6.07, 6.45) is 0.643. The van der Waals surface area contributed by atoms with Crippen LogP contribution in [0.1, 0.15) is 12.5 Å². The van der Waals surface area contributed by atoms with Crippen LogP contribution in [-0.2, 0) is 20.7 Å². The second-order valence-corrected chi connectivity index (χ2v) is 7.01. The van der Waals surface area contributed by atoms with Gasteiger partial charge in [-0.3, -0.25) is 9.59 Å². The molecule has 1 amide bonds. The van der Waals surface area contributed by atoms with Crippen molar-refractivity contribution in [3.63, 3.8) is 0 Å². The van der Waals surface area contributed by atoms with Gasteiger partial charge in [-0.1, -0.05) is 36.4 Å². The van der Waals surface area contributed by atoms with E-state index in [1.54, 1.807) is 14.0 Å². The van der Waals surface area contributed by atoms with Gasteiger partial charge in [-0.25, -0.2) is 0 Å². The Bertz CT molecular complexity index is 721. The summed E-state index contributed by atoms with van der Waals surface area (Å²) in [5, 5.41) is 2.37. The molecule has 6 heteroatoms. The van der Waals surface area contributed by atoms with E-state index < -0.39 is 5.97 Å². The third-order valence-corrected chi connectivity index (χ3v) is 4.73. The quantitative estimate of drug-likeness (QED) is 0.541. The van der Waals surface area contributed by atoms with Crippen LogP contribution in [0.5, 0.6) is 5.75 Å². The van der Waals surface area contributed by atoms with E-state index >= 15 is 0 Å². The molecule has 0 heterocycles. The van der Waals surface area contributed by atoms with Crippen molar-refractivity contribution in [2.24, 2.45) is 0 Å². The number of methoxy groups -OCH3 is 1. The third kappa shape index (κ3) is 6.44. The van der Waals surface area contributed by atoms with Crippen LogP contribution in [-0.4, -0.2) is 37.4 Å². The Balaban J connectivity index is 1.68. The number of hydrogen-bond donors (Lipinski definition) is 1. The number of carbonyl (C=O) groups is 2. The Morgan fingerprint density at radius 2 is 1.77 bits per heavy atom. The predicted molar refractivity (Wildman–Crippen MR) is 102 cm³/mol. The minimum Gasteiger partial charge on any atom is -0.496 e. The van der Waals surface area contributed by atoms with Crippen LogP contribution in [0.4, 0.5) is 0 Å². The molecular weight excluding hydrogens is 350 g/mol. The molecule has 0 fully saturated rings. The molecule has 1 atom stereocenters. The van der Waals surface area contributed by atoms with E-state index in [1.807, 2.05) is 54.6 Å². The fourth-order valence-electron chi connectivity index (χ4n) is 2.30. The van der Waals surface area contributed by atoms with E-state index in [0.29, 0.717) is 13.0 Å². The van der Waals surface area contributed by atoms with Crippen molar-refractivity contribution in [1.29, 1.82) is 0 Å². The van der Waals surface area contributed by atoms with Gasteiger partial charge in [-0.15, -0.1) is 11.8 Å². The number of thioether (sulfide) groups is 1. The Morgan fingerprint density at radius 1 is 1.08 bits per heavy atom. The molecule has 26 heavy (non-hydrogen) atoms. The predicted octanol–water partition coefficient (Wildman–Crippen LogP) is 3.08. The normalized spacial score (nSPS) is 11.5. The molecule has 0 saturated carbocycles. The molecular formula is C20H23NO4S. The van der Waals surface area contributed by atoms with Gasteiger partial charge in [0.15, 0.2) is 6.61 Å². The van der Waals surface area contributed by atoms with Crippen molar-refractivity contribution in [3.05, 3.63) is 60.2 Å². The summed E-state index contributed by atoms with van der Waals surface area (Å²) < 4.78 is 10.4. The molecule has 5 nitrogen and oxygen atoms in total. The Labute approximate surface area is 158 Å². The van der Waals surface area contributed by atoms with Crippen molar-refractivity contribution < 1.29 is 19.1 Å². The van der Waals surface area contributed by atoms with Crippen molar-refractivity contribution in [1.82, 2.24) is 5.32 Å². The largest absolute Gasteiger partial charge is 0.496 e. The summed E-state index contributed by atoms with van der Waals surface area (Å²) in [4.78, 5) is 24.8. The summed E-state index contributed by atoms with van der Waals surface area (Å²) >= 11 is 1.40. The van der Waals surface area contributed by atoms with Gasteiger partial charge in [0.2, 0.25) is 0 Å². The van der Waals surface area contributed by atoms with Crippen LogP contribution in [0.15, 0.2) is 59.5 Å². The van der Waals surface area contributed by atoms with E-state index in [0.717, 1.165) is 16.2 Å². The van der Waals surface area contributed by atoms with E-state index in [-0.39, 0.29) is 17.8 Å². The molecule has 0 aliphatic carbocycles. The van der Waals surface area contributed by atoms with Crippen LogP contribution in [0.25, 0.3) is 0 Å². The number of hydrogen-bond acceptors (Lipinski definition) is 5. The maximum atomic E-state index is 12.0. The lowest BCUT2D eigenvalue weighted by molar-refractivity contribution is -0.147. The molecule has 0 aliphatic heterocycles. The zero-order valence-corrected chi connectivity index (χ0v) is 15.8. The SMILES string of the molecule is COc1ccccc1CCNC(=O)COC(=O)[C@@H](C)Sc1ccccc1. The first-order valence-corrected chi connectivity index (χ1v) is 9.25. The van der Waals surface area contributed by atoms with Crippen molar-refractivity contribution in [2.45, 2.75) is 23.5 Å². The van der Waals surface area contributed by atoms with Gasteiger partial charge < -0.3 is 14.8 Å². The molecule has 2 aromatic carbocycles. The minimum atomic E-state index is -0.404. The molecule has 0 radical (unpaired) electrons.